The third-order valence-electron chi connectivity index (χ3n) is 2.40. The Labute approximate surface area is 139 Å². The standard InChI is InChI=1S/C10H10N6O6S2/c1-5-11-8(14-10(12-5)22-2)13-9(17)15-24(20,21)7-3-6(4-23-7)16(18)19/h3-4H,1-2H3,(H2,11,12,13,14,15,17). The molecule has 0 aliphatic heterocycles. The summed E-state index contributed by atoms with van der Waals surface area (Å²) in [4.78, 5) is 32.9. The van der Waals surface area contributed by atoms with Crippen LogP contribution in [0.25, 0.3) is 0 Å². The summed E-state index contributed by atoms with van der Waals surface area (Å²) in [5, 5.41) is 13.7. The number of hydrogen-bond acceptors (Lipinski definition) is 10. The number of nitro groups is 1. The number of carbonyl (C=O) groups is 1. The van der Waals surface area contributed by atoms with E-state index >= 15 is 0 Å². The monoisotopic (exact) mass is 374 g/mol. The third kappa shape index (κ3) is 4.11. The molecule has 0 spiro atoms. The van der Waals surface area contributed by atoms with Crippen molar-refractivity contribution in [2.75, 3.05) is 12.4 Å². The maximum absolute atomic E-state index is 12.0. The number of anilines is 1. The maximum Gasteiger partial charge on any atom is 0.335 e. The molecule has 0 aliphatic rings. The lowest BCUT2D eigenvalue weighted by atomic mass is 10.6. The summed E-state index contributed by atoms with van der Waals surface area (Å²) in [6, 6.07) is -0.357. The lowest BCUT2D eigenvalue weighted by Gasteiger charge is -2.07. The molecule has 0 aromatic carbocycles. The molecule has 0 fully saturated rings. The van der Waals surface area contributed by atoms with Gasteiger partial charge in [-0.1, -0.05) is 0 Å². The third-order valence-corrected chi connectivity index (χ3v) is 5.16. The molecule has 2 rings (SSSR count). The van der Waals surface area contributed by atoms with Gasteiger partial charge in [0.25, 0.3) is 15.7 Å². The average Bonchev–Trinajstić information content (AvgIpc) is 2.96. The Kier molecular flexibility index (Phi) is 4.89. The number of aromatic nitrogens is 3. The first kappa shape index (κ1) is 17.5. The number of ether oxygens (including phenoxy) is 1. The Hall–Kier alpha value is -2.87. The first-order valence-corrected chi connectivity index (χ1v) is 8.41. The van der Waals surface area contributed by atoms with Gasteiger partial charge in [0, 0.05) is 6.07 Å². The van der Waals surface area contributed by atoms with Crippen LogP contribution >= 0.6 is 11.3 Å². The quantitative estimate of drug-likeness (QED) is 0.564. The number of nitrogens with zero attached hydrogens (tertiary/aromatic N) is 4. The van der Waals surface area contributed by atoms with Crippen molar-refractivity contribution in [3.8, 4) is 6.01 Å². The van der Waals surface area contributed by atoms with Crippen LogP contribution in [0.2, 0.25) is 0 Å². The van der Waals surface area contributed by atoms with Crippen LogP contribution < -0.4 is 14.8 Å². The fourth-order valence-corrected chi connectivity index (χ4v) is 3.48. The minimum atomic E-state index is -4.27. The zero-order chi connectivity index (χ0) is 17.9. The van der Waals surface area contributed by atoms with Gasteiger partial charge in [0.05, 0.1) is 17.4 Å². The Balaban J connectivity index is 2.13. The molecule has 0 bridgehead atoms. The van der Waals surface area contributed by atoms with E-state index < -0.39 is 26.7 Å². The Morgan fingerprint density at radius 3 is 2.67 bits per heavy atom. The van der Waals surface area contributed by atoms with E-state index in [1.807, 2.05) is 0 Å². The van der Waals surface area contributed by atoms with Crippen molar-refractivity contribution in [3.63, 3.8) is 0 Å². The molecule has 24 heavy (non-hydrogen) atoms. The van der Waals surface area contributed by atoms with Gasteiger partial charge >= 0.3 is 12.0 Å². The fourth-order valence-electron chi connectivity index (χ4n) is 1.45. The number of sulfonamides is 1. The molecule has 12 nitrogen and oxygen atoms in total. The topological polar surface area (TPSA) is 166 Å². The van der Waals surface area contributed by atoms with Crippen molar-refractivity contribution in [1.29, 1.82) is 0 Å². The van der Waals surface area contributed by atoms with Gasteiger partial charge in [-0.3, -0.25) is 15.4 Å². The lowest BCUT2D eigenvalue weighted by molar-refractivity contribution is -0.384. The van der Waals surface area contributed by atoms with E-state index in [2.05, 4.69) is 20.3 Å². The predicted molar refractivity (Wildman–Crippen MR) is 81.4 cm³/mol. The van der Waals surface area contributed by atoms with E-state index in [4.69, 9.17) is 4.74 Å². The van der Waals surface area contributed by atoms with E-state index in [1.165, 1.54) is 14.0 Å². The molecule has 2 aromatic rings. The molecule has 2 N–H and O–H groups in total. The van der Waals surface area contributed by atoms with Gasteiger partial charge in [-0.15, -0.1) is 11.3 Å². The van der Waals surface area contributed by atoms with Crippen molar-refractivity contribution in [2.24, 2.45) is 0 Å². The van der Waals surface area contributed by atoms with Crippen LogP contribution in [0, 0.1) is 17.0 Å². The molecular weight excluding hydrogens is 364 g/mol. The number of hydrogen-bond donors (Lipinski definition) is 2. The highest BCUT2D eigenvalue weighted by Gasteiger charge is 2.23. The van der Waals surface area contributed by atoms with E-state index in [0.29, 0.717) is 11.3 Å². The highest BCUT2D eigenvalue weighted by atomic mass is 32.2. The Morgan fingerprint density at radius 2 is 2.08 bits per heavy atom. The second kappa shape index (κ2) is 6.71. The van der Waals surface area contributed by atoms with E-state index in [9.17, 15) is 23.3 Å². The second-order valence-electron chi connectivity index (χ2n) is 4.13. The fraction of sp³-hybridized carbons (Fsp3) is 0.200. The van der Waals surface area contributed by atoms with Crippen LogP contribution in [-0.2, 0) is 10.0 Å². The maximum atomic E-state index is 12.0. The smallest absolute Gasteiger partial charge is 0.335 e. The molecule has 0 unspecified atom stereocenters. The van der Waals surface area contributed by atoms with Crippen LogP contribution in [0.15, 0.2) is 15.7 Å². The van der Waals surface area contributed by atoms with Crippen molar-refractivity contribution >= 4 is 39.0 Å². The summed E-state index contributed by atoms with van der Waals surface area (Å²) in [6.45, 7) is 1.52. The van der Waals surface area contributed by atoms with Gasteiger partial charge in [-0.05, 0) is 6.92 Å². The van der Waals surface area contributed by atoms with Crippen molar-refractivity contribution in [1.82, 2.24) is 19.7 Å². The summed E-state index contributed by atoms with van der Waals surface area (Å²) < 4.78 is 30.1. The number of urea groups is 1. The summed E-state index contributed by atoms with van der Waals surface area (Å²) in [5.74, 6) is 0.0260. The summed E-state index contributed by atoms with van der Waals surface area (Å²) in [7, 11) is -2.96. The molecule has 2 heterocycles. The van der Waals surface area contributed by atoms with Gasteiger partial charge in [-0.2, -0.15) is 15.0 Å². The Bertz CT molecular complexity index is 895. The summed E-state index contributed by atoms with van der Waals surface area (Å²) in [6.07, 6.45) is 0. The van der Waals surface area contributed by atoms with E-state index in [-0.39, 0.29) is 22.0 Å². The first-order chi connectivity index (χ1) is 11.2. The summed E-state index contributed by atoms with van der Waals surface area (Å²) in [5.41, 5.74) is -0.390. The zero-order valence-electron chi connectivity index (χ0n) is 12.2. The van der Waals surface area contributed by atoms with Crippen LogP contribution in [0.1, 0.15) is 5.82 Å². The molecular formula is C10H10N6O6S2. The lowest BCUT2D eigenvalue weighted by Crippen LogP contribution is -2.34. The SMILES string of the molecule is COc1nc(C)nc(NC(=O)NS(=O)(=O)c2cc([N+](=O)[O-])cs2)n1. The highest BCUT2D eigenvalue weighted by Crippen LogP contribution is 2.25. The molecule has 2 amide bonds. The molecule has 0 aliphatic carbocycles. The van der Waals surface area contributed by atoms with Crippen LogP contribution in [0.4, 0.5) is 16.4 Å². The van der Waals surface area contributed by atoms with Crippen molar-refractivity contribution in [2.45, 2.75) is 11.1 Å². The van der Waals surface area contributed by atoms with Crippen LogP contribution in [0.5, 0.6) is 6.01 Å². The molecule has 0 atom stereocenters. The number of nitrogens with one attached hydrogen (secondary N) is 2. The average molecular weight is 374 g/mol. The normalized spacial score (nSPS) is 10.9. The van der Waals surface area contributed by atoms with E-state index in [1.54, 1.807) is 4.72 Å². The van der Waals surface area contributed by atoms with Crippen molar-refractivity contribution in [3.05, 3.63) is 27.4 Å². The molecule has 14 heteroatoms. The number of rotatable bonds is 5. The number of amides is 2. The largest absolute Gasteiger partial charge is 0.467 e. The molecule has 128 valence electrons. The van der Waals surface area contributed by atoms with Gasteiger partial charge in [0.15, 0.2) is 0 Å². The number of thiophene rings is 1. The minimum Gasteiger partial charge on any atom is -0.467 e. The first-order valence-electron chi connectivity index (χ1n) is 6.04. The van der Waals surface area contributed by atoms with Crippen LogP contribution in [0.3, 0.4) is 0 Å². The minimum absolute atomic E-state index is 0.0606. The van der Waals surface area contributed by atoms with Crippen molar-refractivity contribution < 1.29 is 22.9 Å². The molecule has 0 saturated heterocycles. The van der Waals surface area contributed by atoms with Gasteiger partial charge < -0.3 is 4.74 Å². The Morgan fingerprint density at radius 1 is 1.38 bits per heavy atom. The number of carbonyl (C=O) groups excluding carboxylic acids is 1. The van der Waals surface area contributed by atoms with Gasteiger partial charge in [-0.25, -0.2) is 17.9 Å². The number of aryl methyl sites for hydroxylation is 1. The van der Waals surface area contributed by atoms with E-state index in [0.717, 1.165) is 11.4 Å². The highest BCUT2D eigenvalue weighted by molar-refractivity contribution is 7.92. The second-order valence-corrected chi connectivity index (χ2v) is 6.95. The molecule has 0 radical (unpaired) electrons. The predicted octanol–water partition coefficient (Wildman–Crippen LogP) is 0.669. The van der Waals surface area contributed by atoms with Gasteiger partial charge in [0.2, 0.25) is 5.95 Å². The summed E-state index contributed by atoms with van der Waals surface area (Å²) >= 11 is 0.608. The van der Waals surface area contributed by atoms with Gasteiger partial charge in [0.1, 0.15) is 10.0 Å². The number of methoxy groups -OCH3 is 1. The van der Waals surface area contributed by atoms with Crippen LogP contribution in [-0.4, -0.2) is 41.4 Å². The zero-order valence-corrected chi connectivity index (χ0v) is 13.8. The molecule has 0 saturated carbocycles. The molecule has 2 aromatic heterocycles.